The third-order valence-electron chi connectivity index (χ3n) is 13.8. The molecule has 71 heavy (non-hydrogen) atoms. The topological polar surface area (TPSA) is 16.3 Å². The predicted molar refractivity (Wildman–Crippen MR) is 300 cm³/mol. The maximum Gasteiger partial charge on any atom is 0.0887 e. The molecule has 2 heterocycles. The fourth-order valence-electron chi connectivity index (χ4n) is 10.7. The van der Waals surface area contributed by atoms with Crippen molar-refractivity contribution in [3.8, 4) is 33.6 Å². The van der Waals surface area contributed by atoms with E-state index in [1.54, 1.807) is 0 Å². The molecule has 11 aromatic carbocycles. The molecular weight excluding hydrogens is 884 g/mol. The number of benzene rings is 11. The number of hydrogen-bond donors (Lipinski definition) is 0. The van der Waals surface area contributed by atoms with Gasteiger partial charge in [-0.3, -0.25) is 0 Å². The number of aromatic nitrogens is 2. The molecular formula is C66H45ClN4. The van der Waals surface area contributed by atoms with Crippen molar-refractivity contribution in [3.05, 3.63) is 278 Å². The first kappa shape index (κ1) is 42.0. The molecule has 13 aromatic rings. The van der Waals surface area contributed by atoms with Crippen LogP contribution in [0, 0.1) is 0 Å². The van der Waals surface area contributed by atoms with Gasteiger partial charge in [0.05, 0.1) is 49.8 Å². The first-order valence-corrected chi connectivity index (χ1v) is 24.4. The van der Waals surface area contributed by atoms with Gasteiger partial charge >= 0.3 is 0 Å². The Kier molecular flexibility index (Phi) is 10.5. The zero-order chi connectivity index (χ0) is 47.3. The van der Waals surface area contributed by atoms with Gasteiger partial charge in [-0.25, -0.2) is 0 Å². The Bertz CT molecular complexity index is 3730. The van der Waals surface area contributed by atoms with Crippen LogP contribution in [-0.4, -0.2) is 9.13 Å². The Hall–Kier alpha value is -9.09. The monoisotopic (exact) mass is 928 g/mol. The van der Waals surface area contributed by atoms with Crippen molar-refractivity contribution in [3.63, 3.8) is 0 Å². The number of nitrogens with zero attached hydrogens (tertiary/aromatic N) is 4. The molecule has 0 aliphatic heterocycles. The zero-order valence-electron chi connectivity index (χ0n) is 38.6. The Morgan fingerprint density at radius 1 is 0.268 bits per heavy atom. The second-order valence-electron chi connectivity index (χ2n) is 17.8. The summed E-state index contributed by atoms with van der Waals surface area (Å²) in [6.07, 6.45) is 0. The molecule has 0 atom stereocenters. The number of hydrogen-bond acceptors (Lipinski definition) is 2. The summed E-state index contributed by atoms with van der Waals surface area (Å²) in [6.45, 7) is 0. The fraction of sp³-hybridized carbons (Fsp3) is 0. The lowest BCUT2D eigenvalue weighted by Gasteiger charge is -2.33. The van der Waals surface area contributed by atoms with Gasteiger partial charge in [0.25, 0.3) is 0 Å². The number of halogens is 1. The van der Waals surface area contributed by atoms with Crippen LogP contribution in [0.3, 0.4) is 0 Å². The first-order chi connectivity index (χ1) is 35.2. The van der Waals surface area contributed by atoms with Crippen LogP contribution in [0.1, 0.15) is 0 Å². The third kappa shape index (κ3) is 7.24. The van der Waals surface area contributed by atoms with Gasteiger partial charge in [0.1, 0.15) is 0 Å². The van der Waals surface area contributed by atoms with Crippen molar-refractivity contribution in [2.45, 2.75) is 0 Å². The van der Waals surface area contributed by atoms with E-state index in [9.17, 15) is 0 Å². The molecule has 5 heteroatoms. The lowest BCUT2D eigenvalue weighted by atomic mass is 10.0. The highest BCUT2D eigenvalue weighted by Gasteiger charge is 2.26. The van der Waals surface area contributed by atoms with Crippen LogP contribution < -0.4 is 9.80 Å². The molecule has 0 amide bonds. The number of para-hydroxylation sites is 6. The fourth-order valence-corrected chi connectivity index (χ4v) is 11.0. The standard InChI is InChI=1S/C66H45ClN4/c67-66-64(70(58-36-13-7-30-52(58)46-22-3-1-4-23-46)50-28-19-26-48(44-50)68-60-38-15-9-32-54(60)55-33-10-16-39-61(55)68)42-21-43-65(66)71(59-37-14-8-31-53(59)47-24-5-2-6-25-47)51-29-20-27-49(45-51)69-62-40-17-11-34-56(62)57-35-12-18-41-63(57)69/h1-45H. The molecule has 0 unspecified atom stereocenters. The molecule has 0 fully saturated rings. The molecule has 2 aromatic heterocycles. The highest BCUT2D eigenvalue weighted by Crippen LogP contribution is 2.51. The normalized spacial score (nSPS) is 11.5. The minimum absolute atomic E-state index is 0.600. The average Bonchev–Trinajstić information content (AvgIpc) is 3.96. The lowest BCUT2D eigenvalue weighted by molar-refractivity contribution is 1.16. The Balaban J connectivity index is 1.05. The van der Waals surface area contributed by atoms with E-state index in [4.69, 9.17) is 11.6 Å². The van der Waals surface area contributed by atoms with E-state index >= 15 is 0 Å². The van der Waals surface area contributed by atoms with E-state index < -0.39 is 0 Å². The van der Waals surface area contributed by atoms with Gasteiger partial charge in [0.15, 0.2) is 0 Å². The number of anilines is 6. The summed E-state index contributed by atoms with van der Waals surface area (Å²) >= 11 is 8.19. The SMILES string of the molecule is Clc1c(N(c2cccc(-n3c4ccccc4c4ccccc43)c2)c2ccccc2-c2ccccc2)cccc1N(c1cccc(-n2c3ccccc3c3ccccc32)c1)c1ccccc1-c1ccccc1. The maximum absolute atomic E-state index is 8.19. The Morgan fingerprint density at radius 3 is 0.972 bits per heavy atom. The molecule has 0 aliphatic rings. The molecule has 0 saturated carbocycles. The van der Waals surface area contributed by atoms with Gasteiger partial charge in [-0.15, -0.1) is 0 Å². The zero-order valence-corrected chi connectivity index (χ0v) is 39.4. The lowest BCUT2D eigenvalue weighted by Crippen LogP contribution is -2.16. The molecule has 13 rings (SSSR count). The van der Waals surface area contributed by atoms with Crippen molar-refractivity contribution in [2.75, 3.05) is 9.80 Å². The van der Waals surface area contributed by atoms with Crippen LogP contribution >= 0.6 is 11.6 Å². The van der Waals surface area contributed by atoms with Crippen LogP contribution in [0.15, 0.2) is 273 Å². The Morgan fingerprint density at radius 2 is 0.577 bits per heavy atom. The summed E-state index contributed by atoms with van der Waals surface area (Å²) in [5.41, 5.74) is 16.7. The summed E-state index contributed by atoms with van der Waals surface area (Å²) in [6, 6.07) is 97.3. The molecule has 0 spiro atoms. The third-order valence-corrected chi connectivity index (χ3v) is 14.1. The van der Waals surface area contributed by atoms with Crippen molar-refractivity contribution in [1.29, 1.82) is 0 Å². The van der Waals surface area contributed by atoms with E-state index in [1.165, 1.54) is 21.5 Å². The van der Waals surface area contributed by atoms with E-state index in [-0.39, 0.29) is 0 Å². The molecule has 0 saturated heterocycles. The van der Waals surface area contributed by atoms with E-state index in [0.29, 0.717) is 5.02 Å². The van der Waals surface area contributed by atoms with Crippen LogP contribution in [0.25, 0.3) is 77.2 Å². The van der Waals surface area contributed by atoms with Gasteiger partial charge in [-0.05, 0) is 96.1 Å². The van der Waals surface area contributed by atoms with Gasteiger partial charge in [-0.2, -0.15) is 0 Å². The van der Waals surface area contributed by atoms with Crippen LogP contribution in [-0.2, 0) is 0 Å². The molecule has 4 nitrogen and oxygen atoms in total. The van der Waals surface area contributed by atoms with E-state index in [2.05, 4.69) is 292 Å². The largest absolute Gasteiger partial charge is 0.309 e. The van der Waals surface area contributed by atoms with Gasteiger partial charge in [-0.1, -0.05) is 200 Å². The van der Waals surface area contributed by atoms with Crippen molar-refractivity contribution < 1.29 is 0 Å². The van der Waals surface area contributed by atoms with Gasteiger partial charge in [0, 0.05) is 55.4 Å². The molecule has 0 bridgehead atoms. The Labute approximate surface area is 417 Å². The summed E-state index contributed by atoms with van der Waals surface area (Å²) < 4.78 is 4.75. The van der Waals surface area contributed by atoms with Crippen LogP contribution in [0.4, 0.5) is 34.1 Å². The minimum Gasteiger partial charge on any atom is -0.309 e. The second-order valence-corrected chi connectivity index (χ2v) is 18.2. The summed E-state index contributed by atoms with van der Waals surface area (Å²) in [5.74, 6) is 0. The summed E-state index contributed by atoms with van der Waals surface area (Å²) in [5, 5.41) is 5.47. The van der Waals surface area contributed by atoms with Gasteiger partial charge in [0.2, 0.25) is 0 Å². The highest BCUT2D eigenvalue weighted by atomic mass is 35.5. The molecule has 0 N–H and O–H groups in total. The summed E-state index contributed by atoms with van der Waals surface area (Å²) in [4.78, 5) is 4.67. The molecule has 0 aliphatic carbocycles. The molecule has 336 valence electrons. The second kappa shape index (κ2) is 17.8. The smallest absolute Gasteiger partial charge is 0.0887 e. The highest BCUT2D eigenvalue weighted by molar-refractivity contribution is 6.37. The van der Waals surface area contributed by atoms with Crippen LogP contribution in [0.2, 0.25) is 5.02 Å². The number of fused-ring (bicyclic) bond motifs is 6. The first-order valence-electron chi connectivity index (χ1n) is 24.0. The molecule has 0 radical (unpaired) electrons. The van der Waals surface area contributed by atoms with E-state index in [1.807, 2.05) is 0 Å². The maximum atomic E-state index is 8.19. The van der Waals surface area contributed by atoms with Crippen LogP contribution in [0.5, 0.6) is 0 Å². The van der Waals surface area contributed by atoms with E-state index in [0.717, 1.165) is 89.8 Å². The quantitative estimate of drug-likeness (QED) is 0.136. The van der Waals surface area contributed by atoms with Crippen molar-refractivity contribution in [1.82, 2.24) is 9.13 Å². The number of rotatable bonds is 10. The van der Waals surface area contributed by atoms with Gasteiger partial charge < -0.3 is 18.9 Å². The van der Waals surface area contributed by atoms with Crippen molar-refractivity contribution in [2.24, 2.45) is 0 Å². The van der Waals surface area contributed by atoms with Crippen molar-refractivity contribution >= 4 is 89.3 Å². The minimum atomic E-state index is 0.600. The average molecular weight is 930 g/mol. The predicted octanol–water partition coefficient (Wildman–Crippen LogP) is 18.8. The summed E-state index contributed by atoms with van der Waals surface area (Å²) in [7, 11) is 0.